The Balaban J connectivity index is 1.17. The fraction of sp³-hybridized carbons (Fsp3) is 1.00. The zero-order valence-corrected chi connectivity index (χ0v) is 33.3. The van der Waals surface area contributed by atoms with Crippen molar-refractivity contribution < 1.29 is 6.51 Å². The summed E-state index contributed by atoms with van der Waals surface area (Å²) in [6.07, 6.45) is 15.7. The van der Waals surface area contributed by atoms with Gasteiger partial charge in [0, 0.05) is 0 Å². The SMILES string of the molecule is C[Si](C)(C)[C]12[CH]3[C]4(C(P)(C5CCCN5)C5CCCN5)[C]5(C6(CP)C7CC8CC(C7)CC6C8)[C]1([Si](C)(C)C)[Fe]34521678[CH]2[CH]1[CH]6[CH]7[CH]28. The maximum atomic E-state index is 4.40. The van der Waals surface area contributed by atoms with Gasteiger partial charge in [0.2, 0.25) is 0 Å². The monoisotopic (exact) mass is 694 g/mol. The number of fused-ring (bicyclic) bond motifs is 11. The van der Waals surface area contributed by atoms with Crippen LogP contribution in [-0.2, 0) is 6.51 Å². The zero-order chi connectivity index (χ0) is 29.1. The van der Waals surface area contributed by atoms with Crippen molar-refractivity contribution in [3.8, 4) is 0 Å². The predicted molar refractivity (Wildman–Crippen MR) is 189 cm³/mol. The average molecular weight is 695 g/mol. The second-order valence-electron chi connectivity index (χ2n) is 24.2. The molecule has 43 heavy (non-hydrogen) atoms. The summed E-state index contributed by atoms with van der Waals surface area (Å²) in [6.45, 7) is 16.5. The van der Waals surface area contributed by atoms with E-state index in [1.54, 1.807) is 32.1 Å². The average Bonchev–Trinajstić information content (AvgIpc) is 3.75. The molecular weight excluding hydrogens is 634 g/mol. The number of hydrogen-bond donors (Lipinski definition) is 2. The van der Waals surface area contributed by atoms with E-state index in [1.807, 2.05) is 0 Å². The molecule has 2 N–H and O–H groups in total. The van der Waals surface area contributed by atoms with Crippen LogP contribution in [0.5, 0.6) is 0 Å². The van der Waals surface area contributed by atoms with Crippen LogP contribution in [0.3, 0.4) is 0 Å². The molecule has 0 aromatic rings. The van der Waals surface area contributed by atoms with Crippen LogP contribution in [0, 0.1) is 29.1 Å². The Kier molecular flexibility index (Phi) is 2.20. The van der Waals surface area contributed by atoms with Crippen LogP contribution in [-0.4, -0.2) is 52.6 Å². The van der Waals surface area contributed by atoms with E-state index in [9.17, 15) is 0 Å². The van der Waals surface area contributed by atoms with Gasteiger partial charge in [-0.2, -0.15) is 0 Å². The van der Waals surface area contributed by atoms with Gasteiger partial charge in [0.1, 0.15) is 0 Å². The third-order valence-electron chi connectivity index (χ3n) is 26.8. The molecule has 4 saturated carbocycles. The molecule has 12 aliphatic heterocycles. The van der Waals surface area contributed by atoms with Gasteiger partial charge in [0.05, 0.1) is 0 Å². The van der Waals surface area contributed by atoms with Crippen molar-refractivity contribution >= 4 is 34.6 Å². The van der Waals surface area contributed by atoms with E-state index in [2.05, 4.69) is 68.4 Å². The molecule has 9 atom stereocenters. The Bertz CT molecular complexity index is 1870. The van der Waals surface area contributed by atoms with E-state index in [0.29, 0.717) is 5.16 Å². The number of rotatable bonds is 7. The van der Waals surface area contributed by atoms with Crippen molar-refractivity contribution in [2.75, 3.05) is 19.3 Å². The second-order valence-corrected chi connectivity index (χ2v) is 59.6. The summed E-state index contributed by atoms with van der Waals surface area (Å²) in [5.41, 5.74) is 0.719. The van der Waals surface area contributed by atoms with E-state index < -0.39 is 22.7 Å². The van der Waals surface area contributed by atoms with Gasteiger partial charge < -0.3 is 0 Å². The van der Waals surface area contributed by atoms with Crippen LogP contribution >= 0.6 is 18.5 Å². The molecule has 0 radical (unpaired) electrons. The third kappa shape index (κ3) is 0.609. The molecular formula is C36H60FeN2P2Si2. The molecule has 1 spiro atoms. The van der Waals surface area contributed by atoms with Crippen molar-refractivity contribution in [3.05, 3.63) is 0 Å². The fourth-order valence-corrected chi connectivity index (χ4v) is 174. The normalized spacial score (nSPS) is 83.6. The van der Waals surface area contributed by atoms with Gasteiger partial charge in [-0.25, -0.2) is 0 Å². The maximum absolute atomic E-state index is 4.40. The Morgan fingerprint density at radius 3 is 1.58 bits per heavy atom. The van der Waals surface area contributed by atoms with Crippen LogP contribution in [0.25, 0.3) is 0 Å². The molecule has 16 aliphatic rings. The van der Waals surface area contributed by atoms with Crippen molar-refractivity contribution in [1.82, 2.24) is 10.6 Å². The minimum atomic E-state index is -4.36. The molecule has 12 saturated heterocycles. The molecule has 12 heterocycles. The molecule has 9 unspecified atom stereocenters. The molecule has 240 valence electrons. The standard InChI is InChI=1S/C31H55N2P2Si2.C5H5.Fe/c1-36(2,3)25-18-24(31(35,26-9-7-11-32-26)27-10-8-12-33-27)28(29(25)37(4,5)6)30(19-34)22-14-20-13-21(16-22)17-23(30)15-20;1-2-4-5-3-1;/h18,20-23,26-27,32-33H,7-17,19,34-35H2,1-6H3;1-5H;. The number of nitrogens with one attached hydrogen (secondary N) is 2. The Morgan fingerprint density at radius 2 is 1.23 bits per heavy atom. The van der Waals surface area contributed by atoms with Gasteiger partial charge in [-0.3, -0.25) is 0 Å². The second kappa shape index (κ2) is 3.81. The van der Waals surface area contributed by atoms with E-state index >= 15 is 0 Å². The molecule has 0 aromatic heterocycles. The summed E-state index contributed by atoms with van der Waals surface area (Å²) in [5.74, 6) is 4.43. The Morgan fingerprint density at radius 1 is 0.744 bits per heavy atom. The molecule has 0 amide bonds. The van der Waals surface area contributed by atoms with Crippen LogP contribution < -0.4 is 10.6 Å². The summed E-state index contributed by atoms with van der Waals surface area (Å²) in [6, 6.07) is 1.56. The van der Waals surface area contributed by atoms with Gasteiger partial charge in [0.15, 0.2) is 0 Å². The summed E-state index contributed by atoms with van der Waals surface area (Å²) in [5, 5.41) is 9.26. The van der Waals surface area contributed by atoms with Gasteiger partial charge >= 0.3 is 260 Å². The van der Waals surface area contributed by atoms with Crippen molar-refractivity contribution in [2.45, 2.75) is 160 Å². The first-order valence-corrected chi connectivity index (χ1v) is 33.7. The molecule has 2 nitrogen and oxygen atoms in total. The zero-order valence-electron chi connectivity index (χ0n) is 27.9. The molecule has 16 rings (SSSR count). The minimum absolute atomic E-state index is 0.450. The summed E-state index contributed by atoms with van der Waals surface area (Å²) >= 11 is 0. The van der Waals surface area contributed by atoms with Crippen LogP contribution in [0.15, 0.2) is 0 Å². The van der Waals surface area contributed by atoms with Gasteiger partial charge in [-0.15, -0.1) is 0 Å². The predicted octanol–water partition coefficient (Wildman–Crippen LogP) is 9.05. The van der Waals surface area contributed by atoms with Crippen LogP contribution in [0.2, 0.25) is 84.7 Å². The van der Waals surface area contributed by atoms with E-state index in [1.165, 1.54) is 73.8 Å². The first kappa shape index (κ1) is 24.8. The first-order chi connectivity index (χ1) is 20.2. The Hall–Kier alpha value is 1.73. The molecule has 7 heteroatoms. The molecule has 16 fully saturated rings. The molecule has 0 aromatic carbocycles. The van der Waals surface area contributed by atoms with Crippen LogP contribution in [0.1, 0.15) is 57.8 Å². The number of hydrogen-bond acceptors (Lipinski definition) is 2. The summed E-state index contributed by atoms with van der Waals surface area (Å²) in [7, 11) is 4.85. The first-order valence-electron chi connectivity index (χ1n) is 19.3. The van der Waals surface area contributed by atoms with Crippen molar-refractivity contribution in [3.63, 3.8) is 0 Å². The van der Waals surface area contributed by atoms with E-state index in [4.69, 9.17) is 0 Å². The van der Waals surface area contributed by atoms with E-state index in [0.717, 1.165) is 57.7 Å². The topological polar surface area (TPSA) is 24.1 Å². The van der Waals surface area contributed by atoms with E-state index in [-0.39, 0.29) is 0 Å². The Labute approximate surface area is 258 Å². The fourth-order valence-electron chi connectivity index (χ4n) is 32.4. The van der Waals surface area contributed by atoms with Gasteiger partial charge in [-0.05, 0) is 0 Å². The third-order valence-corrected chi connectivity index (χ3v) is 91.4. The summed E-state index contributed by atoms with van der Waals surface area (Å²) in [4.78, 5) is 8.21. The quantitative estimate of drug-likeness (QED) is 0.205. The van der Waals surface area contributed by atoms with Gasteiger partial charge in [-0.1, -0.05) is 0 Å². The van der Waals surface area contributed by atoms with Gasteiger partial charge in [0.25, 0.3) is 0 Å². The van der Waals surface area contributed by atoms with Crippen molar-refractivity contribution in [2.24, 2.45) is 29.1 Å². The summed E-state index contributed by atoms with van der Waals surface area (Å²) < 4.78 is 3.67. The van der Waals surface area contributed by atoms with Crippen molar-refractivity contribution in [1.29, 1.82) is 0 Å². The molecule has 4 bridgehead atoms. The van der Waals surface area contributed by atoms with Crippen LogP contribution in [0.4, 0.5) is 0 Å². The molecule has 4 aliphatic carbocycles.